The van der Waals surface area contributed by atoms with Gasteiger partial charge in [-0.15, -0.1) is 0 Å². The van der Waals surface area contributed by atoms with Crippen LogP contribution in [0, 0.1) is 5.92 Å². The quantitative estimate of drug-likeness (QED) is 0.399. The number of carbonyl (C=O) groups excluding carboxylic acids is 1. The molecule has 0 bridgehead atoms. The second-order valence-electron chi connectivity index (χ2n) is 4.67. The molecule has 1 rings (SSSR count). The number of nitrogens with one attached hydrogen (secondary N) is 1. The van der Waals surface area contributed by atoms with E-state index in [-0.39, 0.29) is 11.9 Å². The summed E-state index contributed by atoms with van der Waals surface area (Å²) in [6.45, 7) is 5.72. The van der Waals surface area contributed by atoms with E-state index in [0.717, 1.165) is 19.4 Å². The van der Waals surface area contributed by atoms with Crippen molar-refractivity contribution in [1.29, 1.82) is 0 Å². The van der Waals surface area contributed by atoms with Crippen molar-refractivity contribution in [2.45, 2.75) is 38.8 Å². The largest absolute Gasteiger partial charge is 0.383 e. The minimum atomic E-state index is -0.259. The lowest BCUT2D eigenvalue weighted by atomic mass is 10.0. The van der Waals surface area contributed by atoms with Gasteiger partial charge in [-0.3, -0.25) is 15.1 Å². The third-order valence-corrected chi connectivity index (χ3v) is 3.28. The van der Waals surface area contributed by atoms with Gasteiger partial charge in [0.2, 0.25) is 0 Å². The van der Waals surface area contributed by atoms with Crippen molar-refractivity contribution in [3.63, 3.8) is 0 Å². The summed E-state index contributed by atoms with van der Waals surface area (Å²) in [5, 5.41) is 0. The van der Waals surface area contributed by atoms with E-state index in [1.807, 2.05) is 0 Å². The smallest absolute Gasteiger partial charge is 0.253 e. The molecule has 5 nitrogen and oxygen atoms in total. The molecule has 2 unspecified atom stereocenters. The maximum Gasteiger partial charge on any atom is 0.253 e. The number of methoxy groups -OCH3 is 1. The number of rotatable bonds is 5. The number of likely N-dealkylation sites (tertiary alicyclic amines) is 1. The molecule has 2 atom stereocenters. The molecule has 0 radical (unpaired) electrons. The molecule has 0 aromatic heterocycles. The van der Waals surface area contributed by atoms with Crippen LogP contribution in [0.5, 0.6) is 0 Å². The zero-order valence-electron chi connectivity index (χ0n) is 10.4. The fraction of sp³-hybridized carbons (Fsp3) is 0.909. The molecule has 1 amide bonds. The summed E-state index contributed by atoms with van der Waals surface area (Å²) >= 11 is 0. The van der Waals surface area contributed by atoms with Crippen LogP contribution in [0.4, 0.5) is 0 Å². The maximum absolute atomic E-state index is 11.7. The van der Waals surface area contributed by atoms with Gasteiger partial charge in [0.15, 0.2) is 0 Å². The lowest BCUT2D eigenvalue weighted by Gasteiger charge is -2.33. The first-order valence-corrected chi connectivity index (χ1v) is 5.87. The predicted molar refractivity (Wildman–Crippen MR) is 62.6 cm³/mol. The van der Waals surface area contributed by atoms with Gasteiger partial charge in [-0.2, -0.15) is 0 Å². The zero-order valence-corrected chi connectivity index (χ0v) is 10.4. The van der Waals surface area contributed by atoms with E-state index < -0.39 is 0 Å². The molecule has 0 spiro atoms. The second kappa shape index (κ2) is 6.18. The number of hydrogen-bond donors (Lipinski definition) is 2. The third kappa shape index (κ3) is 2.93. The Morgan fingerprint density at radius 1 is 1.62 bits per heavy atom. The van der Waals surface area contributed by atoms with Crippen LogP contribution in [-0.4, -0.2) is 43.2 Å². The van der Waals surface area contributed by atoms with Crippen molar-refractivity contribution in [1.82, 2.24) is 10.3 Å². The van der Waals surface area contributed by atoms with Gasteiger partial charge in [0, 0.05) is 13.2 Å². The van der Waals surface area contributed by atoms with Gasteiger partial charge in [0.25, 0.3) is 5.91 Å². The highest BCUT2D eigenvalue weighted by Crippen LogP contribution is 2.26. The van der Waals surface area contributed by atoms with E-state index in [2.05, 4.69) is 24.2 Å². The van der Waals surface area contributed by atoms with Crippen LogP contribution in [-0.2, 0) is 9.53 Å². The van der Waals surface area contributed by atoms with Crippen LogP contribution < -0.4 is 11.3 Å². The topological polar surface area (TPSA) is 67.6 Å². The van der Waals surface area contributed by atoms with Gasteiger partial charge in [-0.1, -0.05) is 13.8 Å². The Hall–Kier alpha value is -0.650. The molecular weight excluding hydrogens is 206 g/mol. The number of carbonyl (C=O) groups is 1. The minimum Gasteiger partial charge on any atom is -0.383 e. The Kier molecular flexibility index (Phi) is 5.18. The maximum atomic E-state index is 11.7. The molecule has 1 aliphatic rings. The Morgan fingerprint density at radius 3 is 2.81 bits per heavy atom. The standard InChI is InChI=1S/C11H23N3O2/c1-8(2)9-5-4-6-14(9)10(7-16-3)11(15)13-12/h8-10H,4-7,12H2,1-3H3,(H,13,15). The molecule has 94 valence electrons. The fourth-order valence-electron chi connectivity index (χ4n) is 2.49. The van der Waals surface area contributed by atoms with E-state index in [1.54, 1.807) is 7.11 Å². The van der Waals surface area contributed by atoms with Crippen LogP contribution in [0.3, 0.4) is 0 Å². The van der Waals surface area contributed by atoms with Crippen LogP contribution in [0.25, 0.3) is 0 Å². The molecular formula is C11H23N3O2. The van der Waals surface area contributed by atoms with Gasteiger partial charge in [0.05, 0.1) is 6.61 Å². The number of hydrogen-bond acceptors (Lipinski definition) is 4. The molecule has 16 heavy (non-hydrogen) atoms. The van der Waals surface area contributed by atoms with Crippen molar-refractivity contribution >= 4 is 5.91 Å². The average molecular weight is 229 g/mol. The van der Waals surface area contributed by atoms with Crippen molar-refractivity contribution in [3.05, 3.63) is 0 Å². The Labute approximate surface area is 97.3 Å². The molecule has 5 heteroatoms. The van der Waals surface area contributed by atoms with Crippen molar-refractivity contribution in [2.24, 2.45) is 11.8 Å². The summed E-state index contributed by atoms with van der Waals surface area (Å²) in [6, 6.07) is 0.197. The van der Waals surface area contributed by atoms with Crippen molar-refractivity contribution in [2.75, 3.05) is 20.3 Å². The van der Waals surface area contributed by atoms with Gasteiger partial charge >= 0.3 is 0 Å². The number of nitrogens with zero attached hydrogens (tertiary/aromatic N) is 1. The van der Waals surface area contributed by atoms with Crippen LogP contribution >= 0.6 is 0 Å². The number of nitrogens with two attached hydrogens (primary N) is 1. The lowest BCUT2D eigenvalue weighted by Crippen LogP contribution is -2.53. The van der Waals surface area contributed by atoms with Crippen LogP contribution in [0.2, 0.25) is 0 Å². The van der Waals surface area contributed by atoms with E-state index in [4.69, 9.17) is 10.6 Å². The third-order valence-electron chi connectivity index (χ3n) is 3.28. The zero-order chi connectivity index (χ0) is 12.1. The summed E-state index contributed by atoms with van der Waals surface area (Å²) in [4.78, 5) is 13.9. The summed E-state index contributed by atoms with van der Waals surface area (Å²) in [6.07, 6.45) is 2.29. The highest BCUT2D eigenvalue weighted by atomic mass is 16.5. The molecule has 1 fully saturated rings. The fourth-order valence-corrected chi connectivity index (χ4v) is 2.49. The molecule has 0 aromatic carbocycles. The highest BCUT2D eigenvalue weighted by Gasteiger charge is 2.35. The van der Waals surface area contributed by atoms with Crippen molar-refractivity contribution in [3.8, 4) is 0 Å². The summed E-state index contributed by atoms with van der Waals surface area (Å²) in [5.41, 5.74) is 2.23. The van der Waals surface area contributed by atoms with Gasteiger partial charge < -0.3 is 4.74 Å². The number of ether oxygens (including phenoxy) is 1. The highest BCUT2D eigenvalue weighted by molar-refractivity contribution is 5.81. The predicted octanol–water partition coefficient (Wildman–Crippen LogP) is 0.112. The Morgan fingerprint density at radius 2 is 2.31 bits per heavy atom. The molecule has 3 N–H and O–H groups in total. The Bertz CT molecular complexity index is 233. The summed E-state index contributed by atoms with van der Waals surface area (Å²) < 4.78 is 5.11. The van der Waals surface area contributed by atoms with E-state index in [1.165, 1.54) is 0 Å². The van der Waals surface area contributed by atoms with Crippen LogP contribution in [0.1, 0.15) is 26.7 Å². The molecule has 1 heterocycles. The van der Waals surface area contributed by atoms with Crippen LogP contribution in [0.15, 0.2) is 0 Å². The van der Waals surface area contributed by atoms with Gasteiger partial charge in [-0.05, 0) is 25.3 Å². The SMILES string of the molecule is COCC(C(=O)NN)N1CCCC1C(C)C. The van der Waals surface area contributed by atoms with E-state index in [9.17, 15) is 4.79 Å². The molecule has 0 aromatic rings. The number of hydrazine groups is 1. The van der Waals surface area contributed by atoms with Gasteiger partial charge in [-0.25, -0.2) is 5.84 Å². The molecule has 1 saturated heterocycles. The first kappa shape index (κ1) is 13.4. The molecule has 0 saturated carbocycles. The first-order chi connectivity index (χ1) is 7.61. The second-order valence-corrected chi connectivity index (χ2v) is 4.67. The summed E-state index contributed by atoms with van der Waals surface area (Å²) in [5.74, 6) is 5.60. The molecule has 0 aliphatic carbocycles. The van der Waals surface area contributed by atoms with E-state index >= 15 is 0 Å². The van der Waals surface area contributed by atoms with Gasteiger partial charge in [0.1, 0.15) is 6.04 Å². The number of amides is 1. The average Bonchev–Trinajstić information content (AvgIpc) is 2.73. The van der Waals surface area contributed by atoms with E-state index in [0.29, 0.717) is 18.6 Å². The lowest BCUT2D eigenvalue weighted by molar-refractivity contribution is -0.129. The Balaban J connectivity index is 2.72. The normalized spacial score (nSPS) is 23.7. The van der Waals surface area contributed by atoms with Crippen molar-refractivity contribution < 1.29 is 9.53 Å². The summed E-state index contributed by atoms with van der Waals surface area (Å²) in [7, 11) is 1.61. The monoisotopic (exact) mass is 229 g/mol. The molecule has 1 aliphatic heterocycles. The minimum absolute atomic E-state index is 0.158. The first-order valence-electron chi connectivity index (χ1n) is 5.87.